The van der Waals surface area contributed by atoms with E-state index in [1.54, 1.807) is 18.2 Å². The van der Waals surface area contributed by atoms with Crippen molar-refractivity contribution in [1.29, 1.82) is 0 Å². The van der Waals surface area contributed by atoms with E-state index in [4.69, 9.17) is 4.74 Å². The second-order valence-corrected chi connectivity index (χ2v) is 5.61. The summed E-state index contributed by atoms with van der Waals surface area (Å²) in [6, 6.07) is 5.51. The fourth-order valence-corrected chi connectivity index (χ4v) is 3.18. The molecule has 19 heavy (non-hydrogen) atoms. The molecule has 104 valence electrons. The molecule has 1 aliphatic rings. The van der Waals surface area contributed by atoms with Crippen LogP contribution in [0.3, 0.4) is 0 Å². The van der Waals surface area contributed by atoms with E-state index in [-0.39, 0.29) is 10.6 Å². The Kier molecular flexibility index (Phi) is 4.90. The fraction of sp³-hybridized carbons (Fsp3) is 0.538. The van der Waals surface area contributed by atoms with Gasteiger partial charge in [0.05, 0.1) is 11.5 Å². The lowest BCUT2D eigenvalue weighted by Gasteiger charge is -2.14. The molecular formula is C13H18N2O3S. The molecule has 2 rings (SSSR count). The molecule has 6 heteroatoms. The van der Waals surface area contributed by atoms with Gasteiger partial charge >= 0.3 is 5.69 Å². The summed E-state index contributed by atoms with van der Waals surface area (Å²) in [7, 11) is 0. The second-order valence-electron chi connectivity index (χ2n) is 4.46. The number of ether oxygens (including phenoxy) is 1. The number of nitrogens with zero attached hydrogens (tertiary/aromatic N) is 1. The summed E-state index contributed by atoms with van der Waals surface area (Å²) >= 11 is 1.87. The van der Waals surface area contributed by atoms with E-state index < -0.39 is 0 Å². The molecule has 0 aliphatic carbocycles. The van der Waals surface area contributed by atoms with Crippen molar-refractivity contribution >= 4 is 23.1 Å². The highest BCUT2D eigenvalue weighted by molar-refractivity contribution is 7.99. The standard InChI is InChI=1S/C13H18N2O3S/c1-2-7-18-12-5-3-4-11(13(12)15(16)17)14-10-6-8-19-9-10/h3-5,10,14H,2,6-9H2,1H3. The normalized spacial score (nSPS) is 18.3. The van der Waals surface area contributed by atoms with Gasteiger partial charge in [0.15, 0.2) is 5.75 Å². The molecule has 1 fully saturated rings. The molecule has 1 aliphatic heterocycles. The molecule has 1 atom stereocenters. The Morgan fingerprint density at radius 2 is 2.42 bits per heavy atom. The Balaban J connectivity index is 2.22. The van der Waals surface area contributed by atoms with Crippen LogP contribution in [0.5, 0.6) is 5.75 Å². The quantitative estimate of drug-likeness (QED) is 0.640. The van der Waals surface area contributed by atoms with Gasteiger partial charge in [-0.25, -0.2) is 0 Å². The van der Waals surface area contributed by atoms with Crippen molar-refractivity contribution in [2.45, 2.75) is 25.8 Å². The van der Waals surface area contributed by atoms with Crippen LogP contribution in [0, 0.1) is 10.1 Å². The molecule has 0 saturated carbocycles. The molecule has 5 nitrogen and oxygen atoms in total. The van der Waals surface area contributed by atoms with Crippen LogP contribution < -0.4 is 10.1 Å². The minimum atomic E-state index is -0.366. The van der Waals surface area contributed by atoms with Gasteiger partial charge in [0.2, 0.25) is 0 Å². The molecule has 0 spiro atoms. The van der Waals surface area contributed by atoms with Gasteiger partial charge < -0.3 is 10.1 Å². The van der Waals surface area contributed by atoms with Crippen molar-refractivity contribution in [3.8, 4) is 5.75 Å². The summed E-state index contributed by atoms with van der Waals surface area (Å²) in [6.07, 6.45) is 1.87. The van der Waals surface area contributed by atoms with E-state index >= 15 is 0 Å². The Bertz CT molecular complexity index is 448. The Hall–Kier alpha value is -1.43. The van der Waals surface area contributed by atoms with Gasteiger partial charge in [-0.1, -0.05) is 13.0 Å². The molecule has 1 heterocycles. The molecule has 1 unspecified atom stereocenters. The van der Waals surface area contributed by atoms with Gasteiger partial charge in [0.25, 0.3) is 0 Å². The van der Waals surface area contributed by atoms with Crippen molar-refractivity contribution in [2.24, 2.45) is 0 Å². The first-order chi connectivity index (χ1) is 9.22. The van der Waals surface area contributed by atoms with Crippen LogP contribution in [0.25, 0.3) is 0 Å². The minimum Gasteiger partial charge on any atom is -0.487 e. The smallest absolute Gasteiger partial charge is 0.333 e. The SMILES string of the molecule is CCCOc1cccc(NC2CCSC2)c1[N+](=O)[O-]. The molecule has 0 radical (unpaired) electrons. The zero-order valence-electron chi connectivity index (χ0n) is 10.9. The number of nitrogens with one attached hydrogen (secondary N) is 1. The van der Waals surface area contributed by atoms with E-state index in [0.717, 1.165) is 24.3 Å². The lowest BCUT2D eigenvalue weighted by atomic mass is 10.2. The first-order valence-electron chi connectivity index (χ1n) is 6.47. The molecule has 0 aromatic heterocycles. The summed E-state index contributed by atoms with van der Waals surface area (Å²) in [6.45, 7) is 2.47. The molecule has 0 bridgehead atoms. The van der Waals surface area contributed by atoms with Gasteiger partial charge in [-0.2, -0.15) is 11.8 Å². The third kappa shape index (κ3) is 3.53. The summed E-state index contributed by atoms with van der Waals surface area (Å²) in [4.78, 5) is 10.9. The molecule has 1 saturated heterocycles. The maximum absolute atomic E-state index is 11.3. The van der Waals surface area contributed by atoms with Gasteiger partial charge in [-0.15, -0.1) is 0 Å². The van der Waals surface area contributed by atoms with E-state index in [2.05, 4.69) is 5.32 Å². The first kappa shape index (κ1) is 14.0. The maximum Gasteiger partial charge on any atom is 0.333 e. The third-order valence-electron chi connectivity index (χ3n) is 2.93. The van der Waals surface area contributed by atoms with Crippen LogP contribution >= 0.6 is 11.8 Å². The predicted molar refractivity (Wildman–Crippen MR) is 78.2 cm³/mol. The van der Waals surface area contributed by atoms with Crippen molar-refractivity contribution in [3.63, 3.8) is 0 Å². The largest absolute Gasteiger partial charge is 0.487 e. The zero-order chi connectivity index (χ0) is 13.7. The lowest BCUT2D eigenvalue weighted by molar-refractivity contribution is -0.385. The summed E-state index contributed by atoms with van der Waals surface area (Å²) in [5.41, 5.74) is 0.610. The van der Waals surface area contributed by atoms with E-state index in [1.807, 2.05) is 18.7 Å². The van der Waals surface area contributed by atoms with Crippen LogP contribution in [0.2, 0.25) is 0 Å². The summed E-state index contributed by atoms with van der Waals surface area (Å²) < 4.78 is 5.47. The maximum atomic E-state index is 11.3. The van der Waals surface area contributed by atoms with Crippen LogP contribution in [0.4, 0.5) is 11.4 Å². The zero-order valence-corrected chi connectivity index (χ0v) is 11.7. The van der Waals surface area contributed by atoms with Crippen molar-refractivity contribution in [3.05, 3.63) is 28.3 Å². The topological polar surface area (TPSA) is 64.4 Å². The summed E-state index contributed by atoms with van der Waals surface area (Å²) in [5, 5.41) is 14.5. The van der Waals surface area contributed by atoms with Gasteiger partial charge in [-0.3, -0.25) is 10.1 Å². The fourth-order valence-electron chi connectivity index (χ4n) is 2.02. The number of benzene rings is 1. The number of rotatable bonds is 6. The average Bonchev–Trinajstić information content (AvgIpc) is 2.89. The first-order valence-corrected chi connectivity index (χ1v) is 7.62. The molecule has 1 aromatic carbocycles. The number of hydrogen-bond acceptors (Lipinski definition) is 5. The van der Waals surface area contributed by atoms with Crippen LogP contribution in [-0.4, -0.2) is 29.1 Å². The minimum absolute atomic E-state index is 0.0489. The molecule has 1 N–H and O–H groups in total. The predicted octanol–water partition coefficient (Wildman–Crippen LogP) is 3.30. The number of anilines is 1. The lowest BCUT2D eigenvalue weighted by Crippen LogP contribution is -2.19. The van der Waals surface area contributed by atoms with Crippen molar-refractivity contribution < 1.29 is 9.66 Å². The van der Waals surface area contributed by atoms with Gasteiger partial charge in [0, 0.05) is 11.8 Å². The number of para-hydroxylation sites is 1. The highest BCUT2D eigenvalue weighted by Gasteiger charge is 2.24. The van der Waals surface area contributed by atoms with Crippen molar-refractivity contribution in [1.82, 2.24) is 0 Å². The average molecular weight is 282 g/mol. The Morgan fingerprint density at radius 3 is 3.05 bits per heavy atom. The number of nitro benzene ring substituents is 1. The monoisotopic (exact) mass is 282 g/mol. The van der Waals surface area contributed by atoms with Gasteiger partial charge in [-0.05, 0) is 30.7 Å². The van der Waals surface area contributed by atoms with E-state index in [9.17, 15) is 10.1 Å². The Labute approximate surface area is 116 Å². The highest BCUT2D eigenvalue weighted by atomic mass is 32.2. The summed E-state index contributed by atoms with van der Waals surface area (Å²) in [5.74, 6) is 2.46. The van der Waals surface area contributed by atoms with E-state index in [1.165, 1.54) is 0 Å². The third-order valence-corrected chi connectivity index (χ3v) is 4.10. The number of thioether (sulfide) groups is 1. The van der Waals surface area contributed by atoms with Gasteiger partial charge in [0.1, 0.15) is 5.69 Å². The second kappa shape index (κ2) is 6.65. The Morgan fingerprint density at radius 1 is 1.58 bits per heavy atom. The van der Waals surface area contributed by atoms with Crippen LogP contribution in [0.1, 0.15) is 19.8 Å². The van der Waals surface area contributed by atoms with Crippen LogP contribution in [-0.2, 0) is 0 Å². The number of nitro groups is 1. The van der Waals surface area contributed by atoms with Crippen LogP contribution in [0.15, 0.2) is 18.2 Å². The molecule has 1 aromatic rings. The number of hydrogen-bond donors (Lipinski definition) is 1. The highest BCUT2D eigenvalue weighted by Crippen LogP contribution is 2.36. The van der Waals surface area contributed by atoms with Crippen molar-refractivity contribution in [2.75, 3.05) is 23.4 Å². The van der Waals surface area contributed by atoms with E-state index in [0.29, 0.717) is 24.1 Å². The molecule has 0 amide bonds. The molecular weight excluding hydrogens is 264 g/mol.